The molecule has 2 aromatic carbocycles. The van der Waals surface area contributed by atoms with Crippen molar-refractivity contribution in [3.63, 3.8) is 0 Å². The molecule has 2 fully saturated rings. The van der Waals surface area contributed by atoms with E-state index in [1.165, 1.54) is 27.4 Å². The van der Waals surface area contributed by atoms with E-state index in [-0.39, 0.29) is 6.04 Å². The SMILES string of the molecule is C[C@@H]1C(=O)N2CCC[C@@H]2CN1Cc1ccc2c3ccccc3n(C)c2c1. The van der Waals surface area contributed by atoms with Crippen molar-refractivity contribution < 1.29 is 4.79 Å². The van der Waals surface area contributed by atoms with Crippen LogP contribution in [0.5, 0.6) is 0 Å². The number of carbonyl (C=O) groups is 1. The van der Waals surface area contributed by atoms with Crippen molar-refractivity contribution in [3.05, 3.63) is 48.0 Å². The highest BCUT2D eigenvalue weighted by Crippen LogP contribution is 2.30. The third kappa shape index (κ3) is 2.28. The maximum Gasteiger partial charge on any atom is 0.239 e. The van der Waals surface area contributed by atoms with Gasteiger partial charge in [0.05, 0.1) is 6.04 Å². The Morgan fingerprint density at radius 2 is 1.88 bits per heavy atom. The van der Waals surface area contributed by atoms with Crippen molar-refractivity contribution in [2.24, 2.45) is 7.05 Å². The first-order chi connectivity index (χ1) is 12.6. The number of amides is 1. The van der Waals surface area contributed by atoms with Crippen molar-refractivity contribution in [2.45, 2.75) is 38.4 Å². The lowest BCUT2D eigenvalue weighted by atomic mass is 10.0. The monoisotopic (exact) mass is 347 g/mol. The van der Waals surface area contributed by atoms with E-state index in [2.05, 4.69) is 70.8 Å². The van der Waals surface area contributed by atoms with Crippen LogP contribution in [0.25, 0.3) is 21.8 Å². The predicted molar refractivity (Wildman–Crippen MR) is 105 cm³/mol. The highest BCUT2D eigenvalue weighted by Gasteiger charge is 2.39. The number of para-hydroxylation sites is 1. The number of nitrogens with zero attached hydrogens (tertiary/aromatic N) is 3. The molecule has 5 rings (SSSR count). The second-order valence-electron chi connectivity index (χ2n) is 7.86. The molecule has 2 atom stereocenters. The molecule has 1 aromatic heterocycles. The van der Waals surface area contributed by atoms with Gasteiger partial charge in [-0.25, -0.2) is 0 Å². The predicted octanol–water partition coefficient (Wildman–Crippen LogP) is 3.53. The van der Waals surface area contributed by atoms with Gasteiger partial charge in [0.1, 0.15) is 0 Å². The summed E-state index contributed by atoms with van der Waals surface area (Å²) in [7, 11) is 2.14. The molecule has 0 saturated carbocycles. The van der Waals surface area contributed by atoms with E-state index in [1.807, 2.05) is 0 Å². The highest BCUT2D eigenvalue weighted by atomic mass is 16.2. The minimum atomic E-state index is -0.0208. The summed E-state index contributed by atoms with van der Waals surface area (Å²) in [6.45, 7) is 4.85. The van der Waals surface area contributed by atoms with Gasteiger partial charge in [-0.3, -0.25) is 9.69 Å². The number of piperazine rings is 1. The molecule has 0 bridgehead atoms. The van der Waals surface area contributed by atoms with Gasteiger partial charge in [-0.1, -0.05) is 30.3 Å². The Balaban J connectivity index is 1.49. The molecule has 134 valence electrons. The standard InChI is InChI=1S/C22H25N3O/c1-15-22(26)25-11-5-6-17(25)14-24(15)13-16-9-10-19-18-7-3-4-8-20(18)23(2)21(19)12-16/h3-4,7-10,12,15,17H,5-6,11,13-14H2,1-2H3/t15-,17-/m1/s1. The summed E-state index contributed by atoms with van der Waals surface area (Å²) in [6.07, 6.45) is 2.30. The van der Waals surface area contributed by atoms with E-state index in [0.717, 1.165) is 32.5 Å². The lowest BCUT2D eigenvalue weighted by Crippen LogP contribution is -2.58. The van der Waals surface area contributed by atoms with Crippen LogP contribution in [0.3, 0.4) is 0 Å². The van der Waals surface area contributed by atoms with Crippen LogP contribution in [0.15, 0.2) is 42.5 Å². The van der Waals surface area contributed by atoms with Crippen LogP contribution in [0, 0.1) is 0 Å². The summed E-state index contributed by atoms with van der Waals surface area (Å²) in [6, 6.07) is 15.7. The van der Waals surface area contributed by atoms with Crippen molar-refractivity contribution in [1.29, 1.82) is 0 Å². The van der Waals surface area contributed by atoms with Crippen molar-refractivity contribution in [1.82, 2.24) is 14.4 Å². The Hall–Kier alpha value is -2.33. The van der Waals surface area contributed by atoms with Crippen LogP contribution >= 0.6 is 0 Å². The summed E-state index contributed by atoms with van der Waals surface area (Å²) in [5.41, 5.74) is 3.82. The van der Waals surface area contributed by atoms with Gasteiger partial charge in [-0.05, 0) is 37.5 Å². The molecule has 0 spiro atoms. The Kier molecular flexibility index (Phi) is 3.57. The lowest BCUT2D eigenvalue weighted by molar-refractivity contribution is -0.143. The number of benzene rings is 2. The second-order valence-corrected chi connectivity index (χ2v) is 7.86. The zero-order valence-electron chi connectivity index (χ0n) is 15.5. The van der Waals surface area contributed by atoms with Crippen LogP contribution in [-0.4, -0.2) is 45.4 Å². The number of carbonyl (C=O) groups excluding carboxylic acids is 1. The third-order valence-electron chi connectivity index (χ3n) is 6.38. The maximum atomic E-state index is 12.7. The van der Waals surface area contributed by atoms with E-state index in [1.54, 1.807) is 0 Å². The molecule has 0 N–H and O–H groups in total. The van der Waals surface area contributed by atoms with Gasteiger partial charge in [0.15, 0.2) is 0 Å². The number of rotatable bonds is 2. The summed E-state index contributed by atoms with van der Waals surface area (Å²) in [5, 5.41) is 2.61. The Bertz CT molecular complexity index is 1010. The van der Waals surface area contributed by atoms with Crippen molar-refractivity contribution in [2.75, 3.05) is 13.1 Å². The largest absolute Gasteiger partial charge is 0.344 e. The molecule has 0 radical (unpaired) electrons. The second kappa shape index (κ2) is 5.85. The molecule has 1 amide bonds. The number of fused-ring (bicyclic) bond motifs is 4. The van der Waals surface area contributed by atoms with Gasteiger partial charge in [0.25, 0.3) is 0 Å². The van der Waals surface area contributed by atoms with Gasteiger partial charge in [-0.15, -0.1) is 0 Å². The number of hydrogen-bond donors (Lipinski definition) is 0. The maximum absolute atomic E-state index is 12.7. The average molecular weight is 347 g/mol. The van der Waals surface area contributed by atoms with E-state index < -0.39 is 0 Å². The molecular formula is C22H25N3O. The number of hydrogen-bond acceptors (Lipinski definition) is 2. The van der Waals surface area contributed by atoms with Crippen molar-refractivity contribution >= 4 is 27.7 Å². The first-order valence-electron chi connectivity index (χ1n) is 9.64. The van der Waals surface area contributed by atoms with Crippen LogP contribution in [-0.2, 0) is 18.4 Å². The molecule has 2 aliphatic rings. The molecule has 4 nitrogen and oxygen atoms in total. The molecule has 3 aromatic rings. The first kappa shape index (κ1) is 15.9. The number of aryl methyl sites for hydroxylation is 1. The molecule has 26 heavy (non-hydrogen) atoms. The van der Waals surface area contributed by atoms with Crippen LogP contribution in [0.1, 0.15) is 25.3 Å². The van der Waals surface area contributed by atoms with Crippen LogP contribution in [0.4, 0.5) is 0 Å². The quantitative estimate of drug-likeness (QED) is 0.709. The van der Waals surface area contributed by atoms with Gasteiger partial charge in [-0.2, -0.15) is 0 Å². The minimum Gasteiger partial charge on any atom is -0.344 e. The summed E-state index contributed by atoms with van der Waals surface area (Å²) < 4.78 is 2.28. The van der Waals surface area contributed by atoms with Crippen LogP contribution < -0.4 is 0 Å². The van der Waals surface area contributed by atoms with E-state index in [9.17, 15) is 4.79 Å². The molecule has 4 heteroatoms. The normalized spacial score (nSPS) is 23.9. The van der Waals surface area contributed by atoms with E-state index in [4.69, 9.17) is 0 Å². The molecule has 0 aliphatic carbocycles. The number of aromatic nitrogens is 1. The fourth-order valence-electron chi connectivity index (χ4n) is 4.88. The summed E-state index contributed by atoms with van der Waals surface area (Å²) in [4.78, 5) is 17.1. The first-order valence-corrected chi connectivity index (χ1v) is 9.64. The zero-order chi connectivity index (χ0) is 17.8. The fourth-order valence-corrected chi connectivity index (χ4v) is 4.88. The van der Waals surface area contributed by atoms with E-state index >= 15 is 0 Å². The smallest absolute Gasteiger partial charge is 0.239 e. The molecule has 0 unspecified atom stereocenters. The van der Waals surface area contributed by atoms with Gasteiger partial charge in [0, 0.05) is 54.5 Å². The van der Waals surface area contributed by atoms with Crippen molar-refractivity contribution in [3.8, 4) is 0 Å². The topological polar surface area (TPSA) is 28.5 Å². The highest BCUT2D eigenvalue weighted by molar-refractivity contribution is 6.08. The van der Waals surface area contributed by atoms with Crippen LogP contribution in [0.2, 0.25) is 0 Å². The Labute approximate surface area is 154 Å². The fraction of sp³-hybridized carbons (Fsp3) is 0.409. The molecule has 2 aliphatic heterocycles. The average Bonchev–Trinajstić information content (AvgIpc) is 3.23. The van der Waals surface area contributed by atoms with Gasteiger partial charge >= 0.3 is 0 Å². The zero-order valence-corrected chi connectivity index (χ0v) is 15.5. The lowest BCUT2D eigenvalue weighted by Gasteiger charge is -2.41. The van der Waals surface area contributed by atoms with Gasteiger partial charge in [0.2, 0.25) is 5.91 Å². The summed E-state index contributed by atoms with van der Waals surface area (Å²) >= 11 is 0. The third-order valence-corrected chi connectivity index (χ3v) is 6.38. The Morgan fingerprint density at radius 1 is 1.08 bits per heavy atom. The minimum absolute atomic E-state index is 0.0208. The van der Waals surface area contributed by atoms with Gasteiger partial charge < -0.3 is 9.47 Å². The molecular weight excluding hydrogens is 322 g/mol. The molecule has 3 heterocycles. The van der Waals surface area contributed by atoms with E-state index in [0.29, 0.717) is 11.9 Å². The Morgan fingerprint density at radius 3 is 2.77 bits per heavy atom. The summed E-state index contributed by atoms with van der Waals surface area (Å²) in [5.74, 6) is 0.310. The molecule has 2 saturated heterocycles.